The molecule has 0 fully saturated rings. The zero-order valence-electron chi connectivity index (χ0n) is 13.8. The van der Waals surface area contributed by atoms with Crippen molar-refractivity contribution in [3.8, 4) is 5.75 Å². The second kappa shape index (κ2) is 5.28. The van der Waals surface area contributed by atoms with Gasteiger partial charge in [-0.25, -0.2) is 8.78 Å². The highest BCUT2D eigenvalue weighted by Crippen LogP contribution is 2.53. The molecule has 0 N–H and O–H groups in total. The maximum atomic E-state index is 14.1. The number of benzene rings is 2. The third-order valence-corrected chi connectivity index (χ3v) is 5.52. The maximum Gasteiger partial charge on any atom is 0.162 e. The first kappa shape index (κ1) is 14.9. The Bertz CT molecular complexity index is 895. The van der Waals surface area contributed by atoms with Crippen LogP contribution in [0.15, 0.2) is 41.4 Å². The molecule has 5 rings (SSSR count). The van der Waals surface area contributed by atoms with Crippen LogP contribution >= 0.6 is 0 Å². The Kier molecular flexibility index (Phi) is 3.14. The van der Waals surface area contributed by atoms with Gasteiger partial charge in [0.1, 0.15) is 23.6 Å². The molecule has 5 heteroatoms. The number of aliphatic imine (C=N–C) groups is 1. The fourth-order valence-electron chi connectivity index (χ4n) is 4.38. The van der Waals surface area contributed by atoms with Crippen molar-refractivity contribution in [2.24, 2.45) is 4.99 Å². The normalized spacial score (nSPS) is 26.2. The minimum Gasteiger partial charge on any atom is -0.491 e. The van der Waals surface area contributed by atoms with Crippen molar-refractivity contribution >= 4 is 11.5 Å². The predicted octanol–water partition coefficient (Wildman–Crippen LogP) is 4.05. The Morgan fingerprint density at radius 3 is 2.76 bits per heavy atom. The molecule has 0 saturated heterocycles. The van der Waals surface area contributed by atoms with E-state index < -0.39 is 17.0 Å². The smallest absolute Gasteiger partial charge is 0.162 e. The van der Waals surface area contributed by atoms with Gasteiger partial charge in [-0.3, -0.25) is 4.99 Å². The fourth-order valence-corrected chi connectivity index (χ4v) is 4.38. The molecule has 0 amide bonds. The molecule has 3 heterocycles. The number of nitrogens with zero attached hydrogens (tertiary/aromatic N) is 2. The van der Waals surface area contributed by atoms with E-state index in [0.717, 1.165) is 55.5 Å². The van der Waals surface area contributed by atoms with Crippen LogP contribution in [0.3, 0.4) is 0 Å². The Balaban J connectivity index is 1.80. The molecular formula is C20H18F2N2O. The first-order valence-electron chi connectivity index (χ1n) is 8.76. The van der Waals surface area contributed by atoms with Crippen molar-refractivity contribution in [2.45, 2.75) is 24.7 Å². The van der Waals surface area contributed by atoms with Crippen molar-refractivity contribution in [3.63, 3.8) is 0 Å². The fraction of sp³-hybridized carbons (Fsp3) is 0.350. The summed E-state index contributed by atoms with van der Waals surface area (Å²) in [7, 11) is 0. The van der Waals surface area contributed by atoms with Crippen molar-refractivity contribution in [2.75, 3.05) is 24.6 Å². The molecule has 2 aromatic rings. The van der Waals surface area contributed by atoms with Gasteiger partial charge in [0, 0.05) is 30.4 Å². The highest BCUT2D eigenvalue weighted by molar-refractivity contribution is 6.14. The highest BCUT2D eigenvalue weighted by Gasteiger charge is 2.55. The van der Waals surface area contributed by atoms with E-state index in [2.05, 4.69) is 17.0 Å². The van der Waals surface area contributed by atoms with E-state index in [9.17, 15) is 8.78 Å². The summed E-state index contributed by atoms with van der Waals surface area (Å²) in [5.41, 5.74) is 2.21. The monoisotopic (exact) mass is 340 g/mol. The van der Waals surface area contributed by atoms with Gasteiger partial charge in [-0.2, -0.15) is 0 Å². The summed E-state index contributed by atoms with van der Waals surface area (Å²) in [5.74, 6) is -0.386. The lowest BCUT2D eigenvalue weighted by atomic mass is 9.76. The summed E-state index contributed by atoms with van der Waals surface area (Å²) in [5, 5.41) is 0. The molecule has 1 spiro atoms. The minimum absolute atomic E-state index is 0.331. The third-order valence-electron chi connectivity index (χ3n) is 5.52. The number of fused-ring (bicyclic) bond motifs is 7. The second-order valence-corrected chi connectivity index (χ2v) is 6.89. The largest absolute Gasteiger partial charge is 0.491 e. The molecule has 0 aliphatic carbocycles. The van der Waals surface area contributed by atoms with Gasteiger partial charge in [0.05, 0.1) is 0 Å². The van der Waals surface area contributed by atoms with E-state index in [1.165, 1.54) is 6.07 Å². The number of rotatable bonds is 0. The molecule has 25 heavy (non-hydrogen) atoms. The molecule has 0 aromatic heterocycles. The van der Waals surface area contributed by atoms with E-state index in [1.807, 2.05) is 12.1 Å². The average Bonchev–Trinajstić information content (AvgIpc) is 3.06. The summed E-state index contributed by atoms with van der Waals surface area (Å²) in [6.07, 6.45) is 3.29. The lowest BCUT2D eigenvalue weighted by Gasteiger charge is -2.29. The lowest BCUT2D eigenvalue weighted by molar-refractivity contribution is 0.324. The topological polar surface area (TPSA) is 24.8 Å². The third kappa shape index (κ3) is 1.92. The molecule has 1 unspecified atom stereocenters. The number of amidine groups is 1. The zero-order chi connectivity index (χ0) is 17.0. The van der Waals surface area contributed by atoms with E-state index >= 15 is 0 Å². The molecule has 0 radical (unpaired) electrons. The summed E-state index contributed by atoms with van der Waals surface area (Å²) < 4.78 is 33.6. The number of hydrogen-bond donors (Lipinski definition) is 0. The molecular weight excluding hydrogens is 322 g/mol. The number of hydrogen-bond acceptors (Lipinski definition) is 3. The summed E-state index contributed by atoms with van der Waals surface area (Å²) >= 11 is 0. The SMILES string of the molecule is Fc1cc2c(cc1F)C1(CO2)/C2=N/CCCCCN2c2ccccc21. The number of para-hydroxylation sites is 1. The maximum absolute atomic E-state index is 14.1. The zero-order valence-corrected chi connectivity index (χ0v) is 13.8. The molecule has 0 saturated carbocycles. The van der Waals surface area contributed by atoms with Crippen molar-refractivity contribution < 1.29 is 13.5 Å². The van der Waals surface area contributed by atoms with Gasteiger partial charge in [-0.15, -0.1) is 0 Å². The van der Waals surface area contributed by atoms with E-state index in [4.69, 9.17) is 9.73 Å². The second-order valence-electron chi connectivity index (χ2n) is 6.89. The summed E-state index contributed by atoms with van der Waals surface area (Å²) in [6, 6.07) is 10.6. The van der Waals surface area contributed by atoms with Crippen LogP contribution in [0.4, 0.5) is 14.5 Å². The van der Waals surface area contributed by atoms with Gasteiger partial charge in [0.25, 0.3) is 0 Å². The van der Waals surface area contributed by atoms with Crippen LogP contribution in [0.2, 0.25) is 0 Å². The Hall–Kier alpha value is -2.43. The van der Waals surface area contributed by atoms with Gasteiger partial charge in [0.2, 0.25) is 0 Å². The van der Waals surface area contributed by atoms with Crippen molar-refractivity contribution in [1.29, 1.82) is 0 Å². The summed E-state index contributed by atoms with van der Waals surface area (Å²) in [4.78, 5) is 7.14. The average molecular weight is 340 g/mol. The van der Waals surface area contributed by atoms with E-state index in [1.54, 1.807) is 0 Å². The predicted molar refractivity (Wildman–Crippen MR) is 92.6 cm³/mol. The van der Waals surface area contributed by atoms with Crippen LogP contribution in [0.1, 0.15) is 30.4 Å². The molecule has 128 valence electrons. The molecule has 2 aromatic carbocycles. The standard InChI is InChI=1S/C20H18F2N2O/c21-15-10-14-18(11-16(15)22)25-12-20(14)13-6-2-3-7-17(13)24-9-5-1-4-8-23-19(20)24/h2-3,6-7,10-11H,1,4-5,8-9,12H2/b23-19-. The molecule has 3 aliphatic rings. The van der Waals surface area contributed by atoms with Crippen LogP contribution in [-0.2, 0) is 5.41 Å². The summed E-state index contributed by atoms with van der Waals surface area (Å²) in [6.45, 7) is 1.97. The van der Waals surface area contributed by atoms with Gasteiger partial charge in [-0.1, -0.05) is 18.2 Å². The van der Waals surface area contributed by atoms with Crippen molar-refractivity contribution in [3.05, 3.63) is 59.2 Å². The Labute approximate surface area is 144 Å². The first-order valence-corrected chi connectivity index (χ1v) is 8.76. The molecule has 3 aliphatic heterocycles. The minimum atomic E-state index is -0.876. The van der Waals surface area contributed by atoms with Gasteiger partial charge < -0.3 is 9.64 Å². The van der Waals surface area contributed by atoms with Gasteiger partial charge >= 0.3 is 0 Å². The van der Waals surface area contributed by atoms with Crippen LogP contribution < -0.4 is 9.64 Å². The van der Waals surface area contributed by atoms with E-state index in [-0.39, 0.29) is 0 Å². The number of halogens is 2. The molecule has 0 bridgehead atoms. The van der Waals surface area contributed by atoms with Crippen LogP contribution in [0.25, 0.3) is 0 Å². The van der Waals surface area contributed by atoms with Gasteiger partial charge in [0.15, 0.2) is 11.6 Å². The quantitative estimate of drug-likeness (QED) is 0.723. The number of anilines is 1. The first-order chi connectivity index (χ1) is 12.2. The van der Waals surface area contributed by atoms with Crippen LogP contribution in [0, 0.1) is 11.6 Å². The van der Waals surface area contributed by atoms with Crippen LogP contribution in [0.5, 0.6) is 5.75 Å². The Morgan fingerprint density at radius 1 is 1.00 bits per heavy atom. The van der Waals surface area contributed by atoms with Gasteiger partial charge in [-0.05, 0) is 37.0 Å². The Morgan fingerprint density at radius 2 is 1.84 bits per heavy atom. The van der Waals surface area contributed by atoms with E-state index in [0.29, 0.717) is 17.9 Å². The molecule has 1 atom stereocenters. The lowest BCUT2D eigenvalue weighted by Crippen LogP contribution is -2.43. The highest BCUT2D eigenvalue weighted by atomic mass is 19.2. The van der Waals surface area contributed by atoms with Crippen LogP contribution in [-0.4, -0.2) is 25.5 Å². The number of ether oxygens (including phenoxy) is 1. The van der Waals surface area contributed by atoms with Crippen molar-refractivity contribution in [1.82, 2.24) is 0 Å². The molecule has 3 nitrogen and oxygen atoms in total.